The molecule has 0 aromatic heterocycles. The number of alkyl halides is 2. The van der Waals surface area contributed by atoms with Gasteiger partial charge in [-0.25, -0.2) is 8.78 Å². The molecule has 1 unspecified atom stereocenters. The van der Waals surface area contributed by atoms with Crippen LogP contribution in [0.3, 0.4) is 0 Å². The summed E-state index contributed by atoms with van der Waals surface area (Å²) in [7, 11) is 3.22. The largest absolute Gasteiger partial charge is 0.399 e. The first-order valence-corrected chi connectivity index (χ1v) is 5.48. The molecule has 1 atom stereocenters. The number of anilines is 2. The lowest BCUT2D eigenvalue weighted by Gasteiger charge is -2.20. The van der Waals surface area contributed by atoms with Gasteiger partial charge >= 0.3 is 0 Å². The number of nitrogens with two attached hydrogens (primary N) is 1. The summed E-state index contributed by atoms with van der Waals surface area (Å²) in [6, 6.07) is 3.60. The number of nitrogen functional groups attached to an aromatic ring is 1. The number of carbonyl (C=O) groups is 1. The Balaban J connectivity index is 2.94. The van der Waals surface area contributed by atoms with E-state index in [-0.39, 0.29) is 22.8 Å². The Morgan fingerprint density at radius 1 is 1.39 bits per heavy atom. The van der Waals surface area contributed by atoms with Crippen LogP contribution in [0.15, 0.2) is 18.2 Å². The molecular weight excluding hydrogens is 240 g/mol. The molecule has 4 nitrogen and oxygen atoms in total. The molecule has 3 N–H and O–H groups in total. The second-order valence-corrected chi connectivity index (χ2v) is 4.25. The lowest BCUT2D eigenvalue weighted by atomic mass is 10.1. The molecule has 0 heterocycles. The molecule has 0 saturated carbocycles. The predicted octanol–water partition coefficient (Wildman–Crippen LogP) is 2.09. The summed E-state index contributed by atoms with van der Waals surface area (Å²) in [5, 5.41) is 2.77. The fourth-order valence-electron chi connectivity index (χ4n) is 1.58. The van der Waals surface area contributed by atoms with Gasteiger partial charge in [0.25, 0.3) is 6.43 Å². The van der Waals surface area contributed by atoms with E-state index in [0.717, 1.165) is 0 Å². The Morgan fingerprint density at radius 2 is 2.00 bits per heavy atom. The first-order valence-electron chi connectivity index (χ1n) is 5.48. The monoisotopic (exact) mass is 257 g/mol. The summed E-state index contributed by atoms with van der Waals surface area (Å²) in [5.74, 6) is -0.188. The number of nitrogens with zero attached hydrogens (tertiary/aromatic N) is 1. The highest BCUT2D eigenvalue weighted by atomic mass is 19.3. The van der Waals surface area contributed by atoms with Crippen LogP contribution in [0, 0.1) is 0 Å². The van der Waals surface area contributed by atoms with Gasteiger partial charge in [0.1, 0.15) is 6.04 Å². The maximum Gasteiger partial charge on any atom is 0.265 e. The minimum atomic E-state index is -2.64. The molecule has 1 aromatic carbocycles. The van der Waals surface area contributed by atoms with Crippen LogP contribution in [0.25, 0.3) is 0 Å². The Kier molecular flexibility index (Phi) is 4.47. The van der Waals surface area contributed by atoms with Crippen molar-refractivity contribution >= 4 is 17.3 Å². The van der Waals surface area contributed by atoms with E-state index in [4.69, 9.17) is 5.73 Å². The van der Waals surface area contributed by atoms with Crippen LogP contribution in [-0.4, -0.2) is 30.9 Å². The molecule has 1 rings (SSSR count). The minimum Gasteiger partial charge on any atom is -0.399 e. The average molecular weight is 257 g/mol. The second-order valence-electron chi connectivity index (χ2n) is 4.25. The highest BCUT2D eigenvalue weighted by Crippen LogP contribution is 2.29. The zero-order valence-electron chi connectivity index (χ0n) is 10.6. The molecule has 0 spiro atoms. The number of rotatable bonds is 4. The van der Waals surface area contributed by atoms with Crippen LogP contribution >= 0.6 is 0 Å². The summed E-state index contributed by atoms with van der Waals surface area (Å²) in [6.45, 7) is 1.62. The number of amides is 1. The van der Waals surface area contributed by atoms with Gasteiger partial charge < -0.3 is 16.0 Å². The van der Waals surface area contributed by atoms with Crippen molar-refractivity contribution in [2.45, 2.75) is 19.4 Å². The molecule has 1 amide bonds. The lowest BCUT2D eigenvalue weighted by Crippen LogP contribution is -2.36. The Labute approximate surface area is 105 Å². The summed E-state index contributed by atoms with van der Waals surface area (Å²) in [4.78, 5) is 13.0. The summed E-state index contributed by atoms with van der Waals surface area (Å²) >= 11 is 0. The van der Waals surface area contributed by atoms with E-state index >= 15 is 0 Å². The van der Waals surface area contributed by atoms with Crippen molar-refractivity contribution in [1.29, 1.82) is 0 Å². The predicted molar refractivity (Wildman–Crippen MR) is 67.6 cm³/mol. The first-order chi connectivity index (χ1) is 8.32. The van der Waals surface area contributed by atoms with Gasteiger partial charge in [0, 0.05) is 31.0 Å². The molecule has 0 aliphatic carbocycles. The molecule has 0 bridgehead atoms. The number of carbonyl (C=O) groups excluding carboxylic acids is 1. The number of benzene rings is 1. The van der Waals surface area contributed by atoms with Gasteiger partial charge in [-0.3, -0.25) is 4.79 Å². The molecule has 0 fully saturated rings. The number of halogens is 2. The third-order valence-electron chi connectivity index (χ3n) is 2.49. The van der Waals surface area contributed by atoms with Crippen molar-refractivity contribution in [1.82, 2.24) is 4.90 Å². The van der Waals surface area contributed by atoms with Gasteiger partial charge in [-0.1, -0.05) is 0 Å². The Bertz CT molecular complexity index is 435. The van der Waals surface area contributed by atoms with Crippen LogP contribution in [0.1, 0.15) is 18.9 Å². The van der Waals surface area contributed by atoms with Crippen molar-refractivity contribution in [3.63, 3.8) is 0 Å². The number of nitrogens with one attached hydrogen (secondary N) is 1. The Hall–Kier alpha value is -1.85. The molecule has 0 aliphatic rings. The molecule has 18 heavy (non-hydrogen) atoms. The van der Waals surface area contributed by atoms with Gasteiger partial charge in [-0.2, -0.15) is 0 Å². The zero-order valence-corrected chi connectivity index (χ0v) is 10.6. The van der Waals surface area contributed by atoms with Crippen molar-refractivity contribution in [2.24, 2.45) is 0 Å². The zero-order chi connectivity index (χ0) is 13.9. The maximum absolute atomic E-state index is 12.8. The quantitative estimate of drug-likeness (QED) is 0.812. The van der Waals surface area contributed by atoms with Crippen LogP contribution in [-0.2, 0) is 4.79 Å². The van der Waals surface area contributed by atoms with E-state index in [9.17, 15) is 13.6 Å². The molecule has 100 valence electrons. The first kappa shape index (κ1) is 14.2. The molecule has 0 saturated heterocycles. The average Bonchev–Trinajstić information content (AvgIpc) is 2.29. The van der Waals surface area contributed by atoms with Crippen molar-refractivity contribution in [3.8, 4) is 0 Å². The van der Waals surface area contributed by atoms with Crippen molar-refractivity contribution in [3.05, 3.63) is 23.8 Å². The standard InChI is InChI=1S/C12H17F2N3O/c1-7(12(18)17(2)3)16-10-5-4-8(15)6-9(10)11(13)14/h4-7,11,16H,15H2,1-3H3. The third kappa shape index (κ3) is 3.32. The number of hydrogen-bond donors (Lipinski definition) is 2. The molecular formula is C12H17F2N3O. The van der Waals surface area contributed by atoms with E-state index in [1.807, 2.05) is 0 Å². The van der Waals surface area contributed by atoms with E-state index < -0.39 is 12.5 Å². The molecule has 1 aromatic rings. The van der Waals surface area contributed by atoms with E-state index in [1.54, 1.807) is 21.0 Å². The van der Waals surface area contributed by atoms with Crippen molar-refractivity contribution < 1.29 is 13.6 Å². The Morgan fingerprint density at radius 3 is 2.50 bits per heavy atom. The van der Waals surface area contributed by atoms with E-state index in [2.05, 4.69) is 5.32 Å². The second kappa shape index (κ2) is 5.66. The summed E-state index contributed by atoms with van der Waals surface area (Å²) in [5.41, 5.74) is 5.76. The van der Waals surface area contributed by atoms with Gasteiger partial charge in [-0.05, 0) is 25.1 Å². The van der Waals surface area contributed by atoms with Crippen LogP contribution < -0.4 is 11.1 Å². The van der Waals surface area contributed by atoms with Crippen molar-refractivity contribution in [2.75, 3.05) is 25.1 Å². The molecule has 0 aliphatic heterocycles. The lowest BCUT2D eigenvalue weighted by molar-refractivity contribution is -0.129. The van der Waals surface area contributed by atoms with E-state index in [1.165, 1.54) is 23.1 Å². The fraction of sp³-hybridized carbons (Fsp3) is 0.417. The highest BCUT2D eigenvalue weighted by molar-refractivity contribution is 5.84. The van der Waals surface area contributed by atoms with E-state index in [0.29, 0.717) is 0 Å². The smallest absolute Gasteiger partial charge is 0.265 e. The topological polar surface area (TPSA) is 58.4 Å². The molecule has 0 radical (unpaired) electrons. The SMILES string of the molecule is CC(Nc1ccc(N)cc1C(F)F)C(=O)N(C)C. The van der Waals surface area contributed by atoms with Crippen LogP contribution in [0.2, 0.25) is 0 Å². The summed E-state index contributed by atoms with van der Waals surface area (Å²) in [6.07, 6.45) is -2.64. The minimum absolute atomic E-state index is 0.188. The normalized spacial score (nSPS) is 12.3. The third-order valence-corrected chi connectivity index (χ3v) is 2.49. The van der Waals surface area contributed by atoms with Gasteiger partial charge in [-0.15, -0.1) is 0 Å². The maximum atomic E-state index is 12.8. The van der Waals surface area contributed by atoms with Gasteiger partial charge in [0.15, 0.2) is 0 Å². The van der Waals surface area contributed by atoms with Gasteiger partial charge in [0.05, 0.1) is 0 Å². The number of likely N-dealkylation sites (N-methyl/N-ethyl adjacent to an activating group) is 1. The number of hydrogen-bond acceptors (Lipinski definition) is 3. The highest BCUT2D eigenvalue weighted by Gasteiger charge is 2.19. The van der Waals surface area contributed by atoms with Crippen LogP contribution in [0.5, 0.6) is 0 Å². The summed E-state index contributed by atoms with van der Waals surface area (Å²) < 4.78 is 25.7. The fourth-order valence-corrected chi connectivity index (χ4v) is 1.58. The molecule has 6 heteroatoms. The van der Waals surface area contributed by atoms with Gasteiger partial charge in [0.2, 0.25) is 5.91 Å². The van der Waals surface area contributed by atoms with Crippen LogP contribution in [0.4, 0.5) is 20.2 Å².